The minimum Gasteiger partial charge on any atom is -0.505 e. The Balaban J connectivity index is 1.78. The molecular weight excluding hydrogens is 297 g/mol. The number of fused-ring (bicyclic) bond motifs is 1. The van der Waals surface area contributed by atoms with Crippen molar-refractivity contribution in [2.24, 2.45) is 0 Å². The third-order valence-electron chi connectivity index (χ3n) is 4.05. The zero-order valence-corrected chi connectivity index (χ0v) is 13.0. The summed E-state index contributed by atoms with van der Waals surface area (Å²) < 4.78 is 24.5. The highest BCUT2D eigenvalue weighted by molar-refractivity contribution is 5.43. The van der Waals surface area contributed by atoms with Crippen molar-refractivity contribution in [2.75, 3.05) is 13.7 Å². The molecule has 0 amide bonds. The average Bonchev–Trinajstić information content (AvgIpc) is 2.77. The number of phenolic OH excluding ortho intramolecular Hbond substituents is 1. The molecule has 0 saturated heterocycles. The maximum Gasteiger partial charge on any atom is 0.165 e. The molecular formula is C18H20FNO3. The van der Waals surface area contributed by atoms with E-state index in [9.17, 15) is 9.50 Å². The van der Waals surface area contributed by atoms with Crippen LogP contribution in [-0.2, 0) is 6.54 Å². The van der Waals surface area contributed by atoms with Crippen LogP contribution in [0.5, 0.6) is 17.2 Å². The number of methoxy groups -OCH3 is 1. The Kier molecular flexibility index (Phi) is 4.67. The molecule has 2 aromatic rings. The first-order valence-corrected chi connectivity index (χ1v) is 7.69. The molecule has 1 aliphatic heterocycles. The third-order valence-corrected chi connectivity index (χ3v) is 4.05. The zero-order valence-electron chi connectivity index (χ0n) is 13.0. The van der Waals surface area contributed by atoms with Crippen LogP contribution in [0.1, 0.15) is 30.0 Å². The van der Waals surface area contributed by atoms with Gasteiger partial charge in [-0.3, -0.25) is 0 Å². The Bertz CT molecular complexity index is 690. The first kappa shape index (κ1) is 15.6. The van der Waals surface area contributed by atoms with E-state index in [1.54, 1.807) is 13.2 Å². The number of aromatic hydroxyl groups is 1. The molecule has 1 atom stereocenters. The zero-order chi connectivity index (χ0) is 16.2. The minimum atomic E-state index is -0.601. The van der Waals surface area contributed by atoms with Crippen LogP contribution in [0.4, 0.5) is 4.39 Å². The average molecular weight is 317 g/mol. The molecule has 23 heavy (non-hydrogen) atoms. The second-order valence-electron chi connectivity index (χ2n) is 5.61. The Morgan fingerprint density at radius 1 is 1.30 bits per heavy atom. The number of ether oxygens (including phenoxy) is 2. The molecule has 1 aliphatic rings. The van der Waals surface area contributed by atoms with Gasteiger partial charge in [0.2, 0.25) is 0 Å². The fourth-order valence-electron chi connectivity index (χ4n) is 2.80. The Morgan fingerprint density at radius 3 is 2.96 bits per heavy atom. The largest absolute Gasteiger partial charge is 0.505 e. The SMILES string of the molecule is COc1ccc2c(c1)C(NCc1ccc(O)c(F)c1)CCCO2. The van der Waals surface area contributed by atoms with E-state index in [2.05, 4.69) is 5.32 Å². The van der Waals surface area contributed by atoms with Crippen LogP contribution in [-0.4, -0.2) is 18.8 Å². The lowest BCUT2D eigenvalue weighted by atomic mass is 10.0. The summed E-state index contributed by atoms with van der Waals surface area (Å²) in [6.45, 7) is 1.20. The number of rotatable bonds is 4. The number of benzene rings is 2. The number of phenols is 1. The van der Waals surface area contributed by atoms with Crippen molar-refractivity contribution >= 4 is 0 Å². The first-order valence-electron chi connectivity index (χ1n) is 7.69. The fraction of sp³-hybridized carbons (Fsp3) is 0.333. The first-order chi connectivity index (χ1) is 11.2. The highest BCUT2D eigenvalue weighted by Crippen LogP contribution is 2.34. The quantitative estimate of drug-likeness (QED) is 0.905. The van der Waals surface area contributed by atoms with Crippen molar-refractivity contribution in [3.63, 3.8) is 0 Å². The van der Waals surface area contributed by atoms with E-state index in [-0.39, 0.29) is 11.8 Å². The second kappa shape index (κ2) is 6.87. The van der Waals surface area contributed by atoms with Crippen molar-refractivity contribution in [1.29, 1.82) is 0 Å². The van der Waals surface area contributed by atoms with Crippen LogP contribution in [0.25, 0.3) is 0 Å². The number of hydrogen-bond acceptors (Lipinski definition) is 4. The standard InChI is InChI=1S/C18H20FNO3/c1-22-13-5-7-18-14(10-13)16(3-2-8-23-18)20-11-12-4-6-17(21)15(19)9-12/h4-7,9-10,16,20-21H,2-3,8,11H2,1H3. The minimum absolute atomic E-state index is 0.111. The van der Waals surface area contributed by atoms with Gasteiger partial charge in [0.1, 0.15) is 11.5 Å². The molecule has 0 saturated carbocycles. The molecule has 1 heterocycles. The van der Waals surface area contributed by atoms with Gasteiger partial charge in [0.25, 0.3) is 0 Å². The van der Waals surface area contributed by atoms with Gasteiger partial charge in [0, 0.05) is 18.2 Å². The van der Waals surface area contributed by atoms with Gasteiger partial charge in [-0.25, -0.2) is 4.39 Å². The molecule has 0 bridgehead atoms. The van der Waals surface area contributed by atoms with Crippen LogP contribution in [0.2, 0.25) is 0 Å². The lowest BCUT2D eigenvalue weighted by Crippen LogP contribution is -2.20. The van der Waals surface area contributed by atoms with Crippen molar-refractivity contribution < 1.29 is 19.0 Å². The molecule has 0 fully saturated rings. The van der Waals surface area contributed by atoms with E-state index < -0.39 is 5.82 Å². The van der Waals surface area contributed by atoms with E-state index in [1.165, 1.54) is 12.1 Å². The van der Waals surface area contributed by atoms with Crippen LogP contribution in [0, 0.1) is 5.82 Å². The van der Waals surface area contributed by atoms with E-state index in [0.717, 1.165) is 35.5 Å². The van der Waals surface area contributed by atoms with E-state index in [0.29, 0.717) is 13.2 Å². The lowest BCUT2D eigenvalue weighted by Gasteiger charge is -2.19. The van der Waals surface area contributed by atoms with Crippen LogP contribution >= 0.6 is 0 Å². The summed E-state index contributed by atoms with van der Waals surface area (Å²) in [4.78, 5) is 0. The summed E-state index contributed by atoms with van der Waals surface area (Å²) in [5, 5.41) is 12.7. The molecule has 4 nitrogen and oxygen atoms in total. The highest BCUT2D eigenvalue weighted by atomic mass is 19.1. The van der Waals surface area contributed by atoms with Crippen molar-refractivity contribution in [3.8, 4) is 17.2 Å². The number of halogens is 1. The van der Waals surface area contributed by atoms with Gasteiger partial charge in [0.05, 0.1) is 13.7 Å². The van der Waals surface area contributed by atoms with E-state index in [1.807, 2.05) is 18.2 Å². The van der Waals surface area contributed by atoms with Gasteiger partial charge in [-0.1, -0.05) is 6.07 Å². The molecule has 122 valence electrons. The molecule has 0 aliphatic carbocycles. The van der Waals surface area contributed by atoms with Gasteiger partial charge in [0.15, 0.2) is 11.6 Å². The van der Waals surface area contributed by atoms with Gasteiger partial charge >= 0.3 is 0 Å². The molecule has 0 spiro atoms. The molecule has 5 heteroatoms. The summed E-state index contributed by atoms with van der Waals surface area (Å²) in [5.74, 6) is 0.719. The molecule has 2 N–H and O–H groups in total. The monoisotopic (exact) mass is 317 g/mol. The Hall–Kier alpha value is -2.27. The Morgan fingerprint density at radius 2 is 2.17 bits per heavy atom. The molecule has 0 radical (unpaired) electrons. The highest BCUT2D eigenvalue weighted by Gasteiger charge is 2.20. The summed E-state index contributed by atoms with van der Waals surface area (Å²) in [6.07, 6.45) is 1.87. The fourth-order valence-corrected chi connectivity index (χ4v) is 2.80. The van der Waals surface area contributed by atoms with Crippen LogP contribution < -0.4 is 14.8 Å². The second-order valence-corrected chi connectivity index (χ2v) is 5.61. The van der Waals surface area contributed by atoms with Gasteiger partial charge < -0.3 is 19.9 Å². The van der Waals surface area contributed by atoms with Crippen molar-refractivity contribution in [1.82, 2.24) is 5.32 Å². The van der Waals surface area contributed by atoms with Gasteiger partial charge in [-0.15, -0.1) is 0 Å². The molecule has 0 aromatic heterocycles. The van der Waals surface area contributed by atoms with Crippen LogP contribution in [0.15, 0.2) is 36.4 Å². The predicted octanol–water partition coefficient (Wildman–Crippen LogP) is 3.54. The summed E-state index contributed by atoms with van der Waals surface area (Å²) in [7, 11) is 1.64. The smallest absolute Gasteiger partial charge is 0.165 e. The van der Waals surface area contributed by atoms with Crippen LogP contribution in [0.3, 0.4) is 0 Å². The normalized spacial score (nSPS) is 17.0. The van der Waals surface area contributed by atoms with Crippen molar-refractivity contribution in [2.45, 2.75) is 25.4 Å². The molecule has 1 unspecified atom stereocenters. The Labute approximate surface area is 134 Å². The van der Waals surface area contributed by atoms with Gasteiger partial charge in [-0.2, -0.15) is 0 Å². The number of hydrogen-bond donors (Lipinski definition) is 2. The lowest BCUT2D eigenvalue weighted by molar-refractivity contribution is 0.314. The summed E-state index contributed by atoms with van der Waals surface area (Å²) >= 11 is 0. The van der Waals surface area contributed by atoms with Crippen molar-refractivity contribution in [3.05, 3.63) is 53.3 Å². The molecule has 2 aromatic carbocycles. The van der Waals surface area contributed by atoms with Gasteiger partial charge in [-0.05, 0) is 48.7 Å². The molecule has 3 rings (SSSR count). The maximum absolute atomic E-state index is 13.4. The summed E-state index contributed by atoms with van der Waals surface area (Å²) in [5.41, 5.74) is 1.84. The maximum atomic E-state index is 13.4. The topological polar surface area (TPSA) is 50.7 Å². The number of nitrogens with one attached hydrogen (secondary N) is 1. The summed E-state index contributed by atoms with van der Waals surface area (Å²) in [6, 6.07) is 10.3. The van der Waals surface area contributed by atoms with E-state index in [4.69, 9.17) is 9.47 Å². The van der Waals surface area contributed by atoms with E-state index >= 15 is 0 Å². The predicted molar refractivity (Wildman–Crippen MR) is 85.4 cm³/mol. The third kappa shape index (κ3) is 3.56.